The van der Waals surface area contributed by atoms with Gasteiger partial charge in [-0.15, -0.1) is 0 Å². The fourth-order valence-corrected chi connectivity index (χ4v) is 4.43. The molecule has 0 aromatic heterocycles. The lowest BCUT2D eigenvalue weighted by atomic mass is 10.0. The van der Waals surface area contributed by atoms with Crippen LogP contribution in [0.4, 0.5) is 11.4 Å². The highest BCUT2D eigenvalue weighted by Crippen LogP contribution is 2.44. The second-order valence-electron chi connectivity index (χ2n) is 10.2. The molecule has 3 N–H and O–H groups in total. The molecule has 0 unspecified atom stereocenters. The van der Waals surface area contributed by atoms with Crippen molar-refractivity contribution < 1.29 is 9.59 Å². The van der Waals surface area contributed by atoms with Crippen molar-refractivity contribution in [1.82, 2.24) is 10.6 Å². The van der Waals surface area contributed by atoms with Crippen LogP contribution in [-0.4, -0.2) is 30.7 Å². The zero-order chi connectivity index (χ0) is 24.6. The van der Waals surface area contributed by atoms with Gasteiger partial charge < -0.3 is 10.6 Å². The number of hydrogen-bond donors (Lipinski definition) is 3. The maximum absolute atomic E-state index is 12.8. The smallest absolute Gasteiger partial charge is 0.257 e. The zero-order valence-electron chi connectivity index (χ0n) is 21.0. The number of hydrogen-bond acceptors (Lipinski definition) is 5. The fraction of sp³-hybridized carbons (Fsp3) is 0.483. The van der Waals surface area contributed by atoms with E-state index in [0.29, 0.717) is 23.9 Å². The number of nitrogens with one attached hydrogen (secondary N) is 3. The summed E-state index contributed by atoms with van der Waals surface area (Å²) >= 11 is 0. The summed E-state index contributed by atoms with van der Waals surface area (Å²) in [5.74, 6) is 1.80. The average molecular weight is 475 g/mol. The Morgan fingerprint density at radius 2 is 1.91 bits per heavy atom. The fourth-order valence-electron chi connectivity index (χ4n) is 4.43. The van der Waals surface area contributed by atoms with Gasteiger partial charge in [-0.3, -0.25) is 19.9 Å². The molecule has 0 saturated heterocycles. The molecule has 1 aliphatic carbocycles. The minimum absolute atomic E-state index is 0.146. The Labute approximate surface area is 209 Å². The number of ketones is 1. The van der Waals surface area contributed by atoms with Crippen LogP contribution in [0.5, 0.6) is 0 Å². The summed E-state index contributed by atoms with van der Waals surface area (Å²) in [6.07, 6.45) is 8.30. The average Bonchev–Trinajstić information content (AvgIpc) is 3.70. The lowest BCUT2D eigenvalue weighted by Gasteiger charge is -2.17. The van der Waals surface area contributed by atoms with Gasteiger partial charge in [-0.25, -0.2) is 0 Å². The Balaban J connectivity index is 1.40. The van der Waals surface area contributed by atoms with Gasteiger partial charge in [0.2, 0.25) is 0 Å². The molecule has 1 aliphatic heterocycles. The Kier molecular flexibility index (Phi) is 8.56. The quantitative estimate of drug-likeness (QED) is 0.268. The van der Waals surface area contributed by atoms with Crippen LogP contribution in [0, 0.1) is 5.92 Å². The molecule has 2 aromatic rings. The number of rotatable bonds is 11. The number of Topliss-reactive ketones (excluding diaryl/α,β-unsaturated/α-hetero) is 1. The molecule has 1 heterocycles. The molecular formula is C29H38N4O2. The molecule has 0 radical (unpaired) electrons. The van der Waals surface area contributed by atoms with Crippen molar-refractivity contribution >= 4 is 29.0 Å². The van der Waals surface area contributed by atoms with E-state index in [0.717, 1.165) is 73.6 Å². The summed E-state index contributed by atoms with van der Waals surface area (Å²) in [7, 11) is 0. The lowest BCUT2D eigenvalue weighted by Crippen LogP contribution is -2.43. The third-order valence-corrected chi connectivity index (χ3v) is 6.61. The highest BCUT2D eigenvalue weighted by atomic mass is 16.2. The van der Waals surface area contributed by atoms with Crippen LogP contribution in [0.3, 0.4) is 0 Å². The topological polar surface area (TPSA) is 82.6 Å². The highest BCUT2D eigenvalue weighted by molar-refractivity contribution is 6.06. The van der Waals surface area contributed by atoms with E-state index in [2.05, 4.69) is 34.8 Å². The maximum Gasteiger partial charge on any atom is 0.257 e. The molecular weight excluding hydrogens is 436 g/mol. The number of guanidine groups is 1. The van der Waals surface area contributed by atoms with E-state index in [1.807, 2.05) is 42.5 Å². The lowest BCUT2D eigenvalue weighted by molar-refractivity contribution is 0.0968. The van der Waals surface area contributed by atoms with Crippen molar-refractivity contribution in [2.45, 2.75) is 71.1 Å². The number of carbonyl (C=O) groups excluding carboxylic acids is 2. The Bertz CT molecular complexity index is 1070. The molecule has 0 bridgehead atoms. The summed E-state index contributed by atoms with van der Waals surface area (Å²) in [6, 6.07) is 13.6. The Morgan fingerprint density at radius 1 is 1.06 bits per heavy atom. The number of amides is 1. The van der Waals surface area contributed by atoms with Crippen LogP contribution < -0.4 is 16.0 Å². The predicted molar refractivity (Wildman–Crippen MR) is 143 cm³/mol. The van der Waals surface area contributed by atoms with E-state index in [4.69, 9.17) is 0 Å². The first kappa shape index (κ1) is 25.0. The van der Waals surface area contributed by atoms with Crippen molar-refractivity contribution in [2.75, 3.05) is 18.4 Å². The number of nitrogens with zero attached hydrogens (tertiary/aromatic N) is 1. The standard InChI is InChI=1S/C29H38N4O2/c1-20(2)8-4-3-5-11-27(34)22-9-6-10-24(18-22)32-26-15-14-23(19-25(26)21-12-13-21)28(35)33-29-30-16-7-17-31-29/h6,9-10,14-15,18-21,32H,3-5,7-8,11-13,16-17H2,1-2H3,(H2,30,31,33,35). The van der Waals surface area contributed by atoms with Gasteiger partial charge in [0.15, 0.2) is 11.7 Å². The monoisotopic (exact) mass is 474 g/mol. The van der Waals surface area contributed by atoms with Crippen LogP contribution in [0.1, 0.15) is 97.4 Å². The van der Waals surface area contributed by atoms with Crippen LogP contribution >= 0.6 is 0 Å². The van der Waals surface area contributed by atoms with Crippen LogP contribution in [-0.2, 0) is 0 Å². The molecule has 2 aromatic carbocycles. The number of aliphatic imine (C=N–C) groups is 1. The summed E-state index contributed by atoms with van der Waals surface area (Å²) in [5.41, 5.74) is 4.43. The van der Waals surface area contributed by atoms with Crippen LogP contribution in [0.25, 0.3) is 0 Å². The van der Waals surface area contributed by atoms with Gasteiger partial charge in [0, 0.05) is 42.0 Å². The largest absolute Gasteiger partial charge is 0.356 e. The minimum atomic E-state index is -0.146. The van der Waals surface area contributed by atoms with E-state index in [9.17, 15) is 9.59 Å². The van der Waals surface area contributed by atoms with Crippen LogP contribution in [0.2, 0.25) is 0 Å². The molecule has 6 nitrogen and oxygen atoms in total. The van der Waals surface area contributed by atoms with Gasteiger partial charge in [-0.05, 0) is 73.4 Å². The molecule has 6 heteroatoms. The second-order valence-corrected chi connectivity index (χ2v) is 10.2. The van der Waals surface area contributed by atoms with Crippen molar-refractivity contribution in [3.63, 3.8) is 0 Å². The highest BCUT2D eigenvalue weighted by Gasteiger charge is 2.27. The van der Waals surface area contributed by atoms with E-state index >= 15 is 0 Å². The molecule has 1 saturated carbocycles. The summed E-state index contributed by atoms with van der Waals surface area (Å²) in [6.45, 7) is 6.04. The first-order chi connectivity index (χ1) is 17.0. The minimum Gasteiger partial charge on any atom is -0.356 e. The van der Waals surface area contributed by atoms with Gasteiger partial charge in [-0.1, -0.05) is 45.2 Å². The van der Waals surface area contributed by atoms with Gasteiger partial charge in [0.25, 0.3) is 5.91 Å². The molecule has 4 rings (SSSR count). The van der Waals surface area contributed by atoms with Crippen molar-refractivity contribution in [2.24, 2.45) is 10.9 Å². The Morgan fingerprint density at radius 3 is 2.66 bits per heavy atom. The summed E-state index contributed by atoms with van der Waals surface area (Å²) < 4.78 is 0. The van der Waals surface area contributed by atoms with Crippen molar-refractivity contribution in [3.8, 4) is 0 Å². The molecule has 0 atom stereocenters. The summed E-state index contributed by atoms with van der Waals surface area (Å²) in [5, 5.41) is 9.52. The Hall–Kier alpha value is -3.15. The van der Waals surface area contributed by atoms with E-state index in [1.165, 1.54) is 12.8 Å². The number of anilines is 2. The SMILES string of the molecule is CC(C)CCCCCC(=O)c1cccc(Nc2ccc(C(=O)NC3=NCCCN3)cc2C2CC2)c1. The van der Waals surface area contributed by atoms with E-state index in [1.54, 1.807) is 0 Å². The number of benzene rings is 2. The third-order valence-electron chi connectivity index (χ3n) is 6.61. The molecule has 2 aliphatic rings. The number of carbonyl (C=O) groups is 2. The van der Waals surface area contributed by atoms with Crippen LogP contribution in [0.15, 0.2) is 47.5 Å². The molecule has 1 amide bonds. The van der Waals surface area contributed by atoms with Gasteiger partial charge in [0.05, 0.1) is 0 Å². The van der Waals surface area contributed by atoms with Gasteiger partial charge >= 0.3 is 0 Å². The maximum atomic E-state index is 12.8. The van der Waals surface area contributed by atoms with Gasteiger partial charge in [-0.2, -0.15) is 0 Å². The van der Waals surface area contributed by atoms with E-state index in [-0.39, 0.29) is 11.7 Å². The molecule has 0 spiro atoms. The molecule has 186 valence electrons. The van der Waals surface area contributed by atoms with E-state index < -0.39 is 0 Å². The predicted octanol–water partition coefficient (Wildman–Crippen LogP) is 6.18. The normalized spacial score (nSPS) is 15.3. The number of unbranched alkanes of at least 4 members (excludes halogenated alkanes) is 2. The summed E-state index contributed by atoms with van der Waals surface area (Å²) in [4.78, 5) is 29.8. The third kappa shape index (κ3) is 7.41. The molecule has 35 heavy (non-hydrogen) atoms. The van der Waals surface area contributed by atoms with Crippen molar-refractivity contribution in [1.29, 1.82) is 0 Å². The first-order valence-electron chi connectivity index (χ1n) is 13.1. The van der Waals surface area contributed by atoms with Crippen molar-refractivity contribution in [3.05, 3.63) is 59.2 Å². The second kappa shape index (κ2) is 12.0. The first-order valence-corrected chi connectivity index (χ1v) is 13.1. The molecule has 1 fully saturated rings. The van der Waals surface area contributed by atoms with Gasteiger partial charge in [0.1, 0.15) is 0 Å². The zero-order valence-corrected chi connectivity index (χ0v) is 21.0.